The molecule has 6 heterocycles. The van der Waals surface area contributed by atoms with Gasteiger partial charge in [0.2, 0.25) is 11.2 Å². The average molecular weight is 636 g/mol. The zero-order chi connectivity index (χ0) is 31.2. The lowest BCUT2D eigenvalue weighted by atomic mass is 9.71. The van der Waals surface area contributed by atoms with Crippen LogP contribution in [0.5, 0.6) is 5.75 Å². The molecule has 8 rings (SSSR count). The van der Waals surface area contributed by atoms with Gasteiger partial charge in [-0.05, 0) is 62.8 Å². The van der Waals surface area contributed by atoms with Crippen LogP contribution in [0.4, 0.5) is 13.6 Å². The van der Waals surface area contributed by atoms with Crippen molar-refractivity contribution in [3.8, 4) is 5.75 Å². The van der Waals surface area contributed by atoms with Gasteiger partial charge in [-0.15, -0.1) is 11.8 Å². The highest BCUT2D eigenvalue weighted by Gasteiger charge is 2.63. The number of nitrogens with zero attached hydrogens (tertiary/aromatic N) is 3. The molecule has 0 radical (unpaired) electrons. The number of carbonyl (C=O) groups excluding carboxylic acids is 2. The maximum Gasteiger partial charge on any atom is 0.514 e. The highest BCUT2D eigenvalue weighted by atomic mass is 32.2. The third-order valence-corrected chi connectivity index (χ3v) is 11.0. The molecule has 5 aliphatic heterocycles. The van der Waals surface area contributed by atoms with Crippen LogP contribution in [-0.2, 0) is 15.2 Å². The van der Waals surface area contributed by atoms with Crippen LogP contribution >= 0.6 is 11.8 Å². The van der Waals surface area contributed by atoms with Crippen LogP contribution in [-0.4, -0.2) is 52.2 Å². The van der Waals surface area contributed by atoms with Crippen molar-refractivity contribution in [1.29, 1.82) is 0 Å². The van der Waals surface area contributed by atoms with E-state index in [1.807, 2.05) is 29.3 Å². The van der Waals surface area contributed by atoms with E-state index in [0.29, 0.717) is 18.5 Å². The van der Waals surface area contributed by atoms with Gasteiger partial charge in [0, 0.05) is 40.9 Å². The minimum absolute atomic E-state index is 0.0721. The first kappa shape index (κ1) is 28.6. The summed E-state index contributed by atoms with van der Waals surface area (Å²) in [6.45, 7) is 3.64. The molecule has 5 aliphatic rings. The second-order valence-corrected chi connectivity index (χ2v) is 13.6. The summed E-state index contributed by atoms with van der Waals surface area (Å²) in [5, 5.41) is 1.99. The Labute approximate surface area is 262 Å². The van der Waals surface area contributed by atoms with E-state index in [1.54, 1.807) is 29.5 Å². The molecule has 2 bridgehead atoms. The maximum absolute atomic E-state index is 15.6. The minimum atomic E-state index is -1.10. The fourth-order valence-electron chi connectivity index (χ4n) is 8.05. The zero-order valence-electron chi connectivity index (χ0n) is 24.7. The summed E-state index contributed by atoms with van der Waals surface area (Å²) in [6.07, 6.45) is 2.59. The van der Waals surface area contributed by atoms with E-state index in [4.69, 9.17) is 14.2 Å². The second-order valence-electron chi connectivity index (χ2n) is 12.6. The molecule has 0 saturated carbocycles. The molecule has 3 fully saturated rings. The molecule has 234 valence electrons. The highest BCUT2D eigenvalue weighted by Crippen LogP contribution is 2.57. The van der Waals surface area contributed by atoms with Crippen LogP contribution in [0.2, 0.25) is 0 Å². The highest BCUT2D eigenvalue weighted by molar-refractivity contribution is 7.98. The fourth-order valence-corrected chi connectivity index (χ4v) is 9.16. The molecule has 0 aliphatic carbocycles. The number of benzene rings is 2. The predicted molar refractivity (Wildman–Crippen MR) is 160 cm³/mol. The number of hydrogen-bond acceptors (Lipinski definition) is 8. The van der Waals surface area contributed by atoms with Crippen molar-refractivity contribution in [3.63, 3.8) is 0 Å². The van der Waals surface area contributed by atoms with E-state index in [-0.39, 0.29) is 29.0 Å². The van der Waals surface area contributed by atoms with E-state index >= 15 is 4.39 Å². The summed E-state index contributed by atoms with van der Waals surface area (Å²) in [7, 11) is 0. The van der Waals surface area contributed by atoms with Gasteiger partial charge in [-0.25, -0.2) is 13.6 Å². The molecule has 0 unspecified atom stereocenters. The monoisotopic (exact) mass is 635 g/mol. The lowest BCUT2D eigenvalue weighted by Crippen LogP contribution is -2.70. The summed E-state index contributed by atoms with van der Waals surface area (Å²) in [6, 6.07) is 11.0. The van der Waals surface area contributed by atoms with Crippen molar-refractivity contribution in [2.75, 3.05) is 11.6 Å². The van der Waals surface area contributed by atoms with Gasteiger partial charge in [0.1, 0.15) is 6.17 Å². The molecule has 2 aromatic carbocycles. The molecule has 3 saturated heterocycles. The van der Waals surface area contributed by atoms with Crippen molar-refractivity contribution in [3.05, 3.63) is 92.9 Å². The van der Waals surface area contributed by atoms with Crippen molar-refractivity contribution in [2.45, 2.75) is 80.2 Å². The number of thioether (sulfide) groups is 1. The molecular formula is C33H31F2N3O6S. The van der Waals surface area contributed by atoms with Crippen molar-refractivity contribution < 1.29 is 32.6 Å². The molecule has 12 heteroatoms. The summed E-state index contributed by atoms with van der Waals surface area (Å²) >= 11 is 1.42. The quantitative estimate of drug-likeness (QED) is 0.349. The number of hydrogen-bond donors (Lipinski definition) is 0. The van der Waals surface area contributed by atoms with E-state index in [1.165, 1.54) is 24.0 Å². The third-order valence-electron chi connectivity index (χ3n) is 9.85. The largest absolute Gasteiger partial charge is 0.514 e. The number of carbonyl (C=O) groups is 2. The summed E-state index contributed by atoms with van der Waals surface area (Å²) < 4.78 is 49.1. The smallest absolute Gasteiger partial charge is 0.431 e. The van der Waals surface area contributed by atoms with Crippen LogP contribution in [0.25, 0.3) is 0 Å². The summed E-state index contributed by atoms with van der Waals surface area (Å²) in [5.41, 5.74) is 0.428. The summed E-state index contributed by atoms with van der Waals surface area (Å²) in [4.78, 5) is 43.0. The Hall–Kier alpha value is -3.90. The lowest BCUT2D eigenvalue weighted by molar-refractivity contribution is -0.0756. The van der Waals surface area contributed by atoms with E-state index < -0.39 is 58.8 Å². The second kappa shape index (κ2) is 10.3. The van der Waals surface area contributed by atoms with Gasteiger partial charge in [0.25, 0.3) is 5.91 Å². The molecule has 3 aromatic rings. The molecule has 45 heavy (non-hydrogen) atoms. The lowest BCUT2D eigenvalue weighted by Gasteiger charge is -2.57. The van der Waals surface area contributed by atoms with E-state index in [9.17, 15) is 18.8 Å². The Morgan fingerprint density at radius 3 is 2.71 bits per heavy atom. The Bertz CT molecular complexity index is 1820. The Kier molecular flexibility index (Phi) is 6.55. The van der Waals surface area contributed by atoms with Crippen LogP contribution in [0.1, 0.15) is 72.8 Å². The molecule has 1 aromatic heterocycles. The number of fused-ring (bicyclic) bond motifs is 6. The number of ether oxygens (including phenoxy) is 3. The van der Waals surface area contributed by atoms with Gasteiger partial charge in [-0.2, -0.15) is 0 Å². The topological polar surface area (TPSA) is 90.3 Å². The van der Waals surface area contributed by atoms with Crippen molar-refractivity contribution in [1.82, 2.24) is 9.58 Å². The van der Waals surface area contributed by atoms with Crippen molar-refractivity contribution in [2.24, 2.45) is 5.92 Å². The number of rotatable bonds is 3. The number of piperidine rings is 1. The first-order chi connectivity index (χ1) is 21.7. The SMILES string of the molecule is CC(C)OC(=O)Oc1c2n(ccc1=O)N([C@@H]1c3ccccc3SCc3c1ccc(F)c3F)[C@@H]1[C@H]3C[C@@H]4CC[C@@]3(CCN1C2=O)O4. The van der Waals surface area contributed by atoms with Crippen LogP contribution in [0, 0.1) is 17.6 Å². The van der Waals surface area contributed by atoms with Gasteiger partial charge in [-0.3, -0.25) is 19.3 Å². The van der Waals surface area contributed by atoms with Gasteiger partial charge in [0.05, 0.1) is 23.9 Å². The van der Waals surface area contributed by atoms with Crippen LogP contribution < -0.4 is 15.2 Å². The van der Waals surface area contributed by atoms with Gasteiger partial charge >= 0.3 is 6.16 Å². The van der Waals surface area contributed by atoms with E-state index in [2.05, 4.69) is 0 Å². The molecule has 0 N–H and O–H groups in total. The Morgan fingerprint density at radius 1 is 1.09 bits per heavy atom. The number of aromatic nitrogens is 1. The minimum Gasteiger partial charge on any atom is -0.431 e. The van der Waals surface area contributed by atoms with Crippen LogP contribution in [0.15, 0.2) is 58.4 Å². The fraction of sp³-hybridized carbons (Fsp3) is 0.424. The molecule has 1 spiro atoms. The molecule has 5 atom stereocenters. The zero-order valence-corrected chi connectivity index (χ0v) is 25.5. The molecule has 9 nitrogen and oxygen atoms in total. The maximum atomic E-state index is 15.6. The number of halogens is 2. The summed E-state index contributed by atoms with van der Waals surface area (Å²) in [5.74, 6) is -2.63. The first-order valence-electron chi connectivity index (χ1n) is 15.3. The first-order valence-corrected chi connectivity index (χ1v) is 16.3. The molecule has 1 amide bonds. The van der Waals surface area contributed by atoms with E-state index in [0.717, 1.165) is 35.8 Å². The Morgan fingerprint density at radius 2 is 1.91 bits per heavy atom. The van der Waals surface area contributed by atoms with Gasteiger partial charge in [0.15, 0.2) is 17.3 Å². The molecular weight excluding hydrogens is 604 g/mol. The third kappa shape index (κ3) is 4.25. The normalized spacial score (nSPS) is 27.7. The number of pyridine rings is 1. The average Bonchev–Trinajstić information content (AvgIpc) is 3.54. The van der Waals surface area contributed by atoms with Gasteiger partial charge < -0.3 is 19.1 Å². The van der Waals surface area contributed by atoms with Crippen molar-refractivity contribution >= 4 is 23.8 Å². The predicted octanol–water partition coefficient (Wildman–Crippen LogP) is 5.51. The Balaban J connectivity index is 1.40. The number of amides is 1. The standard InChI is InChI=1S/C33H31F2N3O6S/c1-17(2)42-32(41)43-29-24(39)10-13-37-28(29)31(40)36-14-12-33-11-9-18(44-33)15-22(33)30(36)38(37)27-19-7-8-23(34)26(35)21(19)16-45-25-6-4-3-5-20(25)27/h3-8,10,13,17-18,22,27,30H,9,11-12,14-16H2,1-2H3/t18-,22+,27-,30+,33-/m0/s1. The van der Waals surface area contributed by atoms with Gasteiger partial charge in [-0.1, -0.05) is 24.3 Å². The van der Waals surface area contributed by atoms with Crippen LogP contribution in [0.3, 0.4) is 0 Å².